The predicted molar refractivity (Wildman–Crippen MR) is 70.2 cm³/mol. The second kappa shape index (κ2) is 5.43. The molecule has 21 heavy (non-hydrogen) atoms. The van der Waals surface area contributed by atoms with Crippen LogP contribution in [0.1, 0.15) is 33.5 Å². The van der Waals surface area contributed by atoms with Gasteiger partial charge in [0.15, 0.2) is 5.78 Å². The van der Waals surface area contributed by atoms with Crippen molar-refractivity contribution in [2.45, 2.75) is 13.1 Å². The molecule has 0 fully saturated rings. The number of nitrogens with one attached hydrogen (secondary N) is 2. The summed E-state index contributed by atoms with van der Waals surface area (Å²) in [6.07, 6.45) is -4.48. The fourth-order valence-electron chi connectivity index (χ4n) is 1.70. The van der Waals surface area contributed by atoms with Gasteiger partial charge in [-0.05, 0) is 30.3 Å². The Kier molecular flexibility index (Phi) is 3.84. The van der Waals surface area contributed by atoms with Crippen molar-refractivity contribution in [3.05, 3.63) is 53.3 Å². The first kappa shape index (κ1) is 14.8. The van der Waals surface area contributed by atoms with Crippen LogP contribution in [0.15, 0.2) is 36.4 Å². The molecule has 1 amide bonds. The summed E-state index contributed by atoms with van der Waals surface area (Å²) in [6, 6.07) is 7.13. The van der Waals surface area contributed by atoms with E-state index in [1.54, 1.807) is 0 Å². The van der Waals surface area contributed by atoms with E-state index in [1.807, 2.05) is 0 Å². The zero-order chi connectivity index (χ0) is 15.6. The third kappa shape index (κ3) is 3.50. The number of benzene rings is 1. The lowest BCUT2D eigenvalue weighted by molar-refractivity contribution is -0.137. The fourth-order valence-corrected chi connectivity index (χ4v) is 1.70. The van der Waals surface area contributed by atoms with Crippen LogP contribution in [0.3, 0.4) is 0 Å². The first-order chi connectivity index (χ1) is 9.77. The Bertz CT molecular complexity index is 690. The number of hydrogen-bond donors (Lipinski definition) is 2. The number of anilines is 1. The first-order valence-electron chi connectivity index (χ1n) is 5.96. The van der Waals surface area contributed by atoms with E-state index in [0.29, 0.717) is 0 Å². The average molecular weight is 296 g/mol. The Morgan fingerprint density at radius 3 is 2.33 bits per heavy atom. The van der Waals surface area contributed by atoms with Crippen LogP contribution in [0.2, 0.25) is 0 Å². The smallest absolute Gasteiger partial charge is 0.348 e. The molecule has 2 aromatic rings. The summed E-state index contributed by atoms with van der Waals surface area (Å²) < 4.78 is 37.7. The molecule has 0 spiro atoms. The van der Waals surface area contributed by atoms with E-state index in [-0.39, 0.29) is 22.9 Å². The van der Waals surface area contributed by atoms with Crippen LogP contribution < -0.4 is 5.32 Å². The number of aromatic nitrogens is 1. The molecule has 2 rings (SSSR count). The molecule has 110 valence electrons. The van der Waals surface area contributed by atoms with E-state index in [4.69, 9.17) is 0 Å². The molecule has 0 unspecified atom stereocenters. The fraction of sp³-hybridized carbons (Fsp3) is 0.143. The summed E-state index contributed by atoms with van der Waals surface area (Å²) in [6.45, 7) is 1.33. The van der Waals surface area contributed by atoms with E-state index >= 15 is 0 Å². The number of alkyl halides is 3. The molecule has 0 radical (unpaired) electrons. The summed E-state index contributed by atoms with van der Waals surface area (Å²) in [5, 5.41) is 2.34. The molecule has 0 bridgehead atoms. The van der Waals surface area contributed by atoms with Gasteiger partial charge in [0, 0.05) is 12.6 Å². The molecule has 2 N–H and O–H groups in total. The van der Waals surface area contributed by atoms with Crippen molar-refractivity contribution in [2.24, 2.45) is 0 Å². The van der Waals surface area contributed by atoms with Crippen LogP contribution in [-0.4, -0.2) is 16.7 Å². The number of H-pyrrole nitrogens is 1. The van der Waals surface area contributed by atoms with Crippen molar-refractivity contribution in [1.82, 2.24) is 4.98 Å². The number of carbonyl (C=O) groups is 2. The average Bonchev–Trinajstić information content (AvgIpc) is 2.88. The van der Waals surface area contributed by atoms with Crippen molar-refractivity contribution >= 4 is 17.4 Å². The third-order valence-electron chi connectivity index (χ3n) is 2.76. The highest BCUT2D eigenvalue weighted by Gasteiger charge is 2.30. The molecule has 0 saturated carbocycles. The number of rotatable bonds is 3. The minimum absolute atomic E-state index is 0.0220. The van der Waals surface area contributed by atoms with E-state index < -0.39 is 17.6 Å². The monoisotopic (exact) mass is 296 g/mol. The zero-order valence-corrected chi connectivity index (χ0v) is 10.9. The highest BCUT2D eigenvalue weighted by Crippen LogP contribution is 2.30. The molecule has 1 heterocycles. The number of Topliss-reactive ketones (excluding diaryl/α,β-unsaturated/α-hetero) is 1. The van der Waals surface area contributed by atoms with Crippen LogP contribution in [0.25, 0.3) is 0 Å². The molecular formula is C14H11F3N2O2. The van der Waals surface area contributed by atoms with E-state index in [1.165, 1.54) is 31.2 Å². The largest absolute Gasteiger partial charge is 0.416 e. The van der Waals surface area contributed by atoms with E-state index in [0.717, 1.165) is 12.1 Å². The minimum Gasteiger partial charge on any atom is -0.348 e. The van der Waals surface area contributed by atoms with Crippen molar-refractivity contribution in [3.63, 3.8) is 0 Å². The molecule has 1 aromatic carbocycles. The van der Waals surface area contributed by atoms with Gasteiger partial charge in [-0.1, -0.05) is 6.07 Å². The number of ketones is 1. The Morgan fingerprint density at radius 1 is 1.10 bits per heavy atom. The van der Waals surface area contributed by atoms with E-state index in [2.05, 4.69) is 10.3 Å². The number of amides is 1. The standard InChI is InChI=1S/C14H11F3N2O2/c1-8(20)11-5-6-12(19-11)13(21)18-10-4-2-3-9(7-10)14(15,16)17/h2-7,19H,1H3,(H,18,21). The number of halogens is 3. The van der Waals surface area contributed by atoms with Gasteiger partial charge in [-0.3, -0.25) is 9.59 Å². The number of aromatic amines is 1. The molecule has 4 nitrogen and oxygen atoms in total. The van der Waals surface area contributed by atoms with Gasteiger partial charge < -0.3 is 10.3 Å². The zero-order valence-electron chi connectivity index (χ0n) is 10.9. The maximum absolute atomic E-state index is 12.6. The summed E-state index contributed by atoms with van der Waals surface area (Å²) >= 11 is 0. The molecule has 7 heteroatoms. The second-order valence-corrected chi connectivity index (χ2v) is 4.37. The molecule has 0 aliphatic heterocycles. The van der Waals surface area contributed by atoms with Gasteiger partial charge in [-0.25, -0.2) is 0 Å². The SMILES string of the molecule is CC(=O)c1ccc(C(=O)Nc2cccc(C(F)(F)F)c2)[nH]1. The van der Waals surface area contributed by atoms with Crippen molar-refractivity contribution in [1.29, 1.82) is 0 Å². The van der Waals surface area contributed by atoms with Crippen LogP contribution in [-0.2, 0) is 6.18 Å². The Morgan fingerprint density at radius 2 is 1.76 bits per heavy atom. The Hall–Kier alpha value is -2.57. The molecular weight excluding hydrogens is 285 g/mol. The minimum atomic E-state index is -4.48. The summed E-state index contributed by atoms with van der Waals surface area (Å²) in [5.41, 5.74) is -0.480. The van der Waals surface area contributed by atoms with Gasteiger partial charge in [0.25, 0.3) is 5.91 Å². The summed E-state index contributed by atoms with van der Waals surface area (Å²) in [4.78, 5) is 25.6. The van der Waals surface area contributed by atoms with Gasteiger partial charge in [0.2, 0.25) is 0 Å². The van der Waals surface area contributed by atoms with Crippen molar-refractivity contribution < 1.29 is 22.8 Å². The van der Waals surface area contributed by atoms with Crippen molar-refractivity contribution in [2.75, 3.05) is 5.32 Å². The Balaban J connectivity index is 2.17. The predicted octanol–water partition coefficient (Wildman–Crippen LogP) is 3.49. The van der Waals surface area contributed by atoms with Gasteiger partial charge in [-0.2, -0.15) is 13.2 Å². The first-order valence-corrected chi connectivity index (χ1v) is 5.96. The maximum Gasteiger partial charge on any atom is 0.416 e. The molecule has 0 atom stereocenters. The topological polar surface area (TPSA) is 62.0 Å². The quantitative estimate of drug-likeness (QED) is 0.852. The van der Waals surface area contributed by atoms with Crippen LogP contribution in [0.4, 0.5) is 18.9 Å². The summed E-state index contributed by atoms with van der Waals surface area (Å²) in [5.74, 6) is -0.866. The lowest BCUT2D eigenvalue weighted by Gasteiger charge is -2.09. The number of carbonyl (C=O) groups excluding carboxylic acids is 2. The second-order valence-electron chi connectivity index (χ2n) is 4.37. The van der Waals surface area contributed by atoms with Gasteiger partial charge in [0.05, 0.1) is 11.3 Å². The molecule has 1 aromatic heterocycles. The van der Waals surface area contributed by atoms with Gasteiger partial charge in [-0.15, -0.1) is 0 Å². The lowest BCUT2D eigenvalue weighted by Crippen LogP contribution is -2.13. The maximum atomic E-state index is 12.6. The lowest BCUT2D eigenvalue weighted by atomic mass is 10.2. The van der Waals surface area contributed by atoms with E-state index in [9.17, 15) is 22.8 Å². The van der Waals surface area contributed by atoms with Crippen LogP contribution >= 0.6 is 0 Å². The van der Waals surface area contributed by atoms with Gasteiger partial charge >= 0.3 is 6.18 Å². The third-order valence-corrected chi connectivity index (χ3v) is 2.76. The summed E-state index contributed by atoms with van der Waals surface area (Å²) in [7, 11) is 0. The molecule has 0 saturated heterocycles. The van der Waals surface area contributed by atoms with Gasteiger partial charge in [0.1, 0.15) is 5.69 Å². The number of hydrogen-bond acceptors (Lipinski definition) is 2. The highest BCUT2D eigenvalue weighted by molar-refractivity contribution is 6.04. The van der Waals surface area contributed by atoms with Crippen molar-refractivity contribution in [3.8, 4) is 0 Å². The van der Waals surface area contributed by atoms with Crippen LogP contribution in [0.5, 0.6) is 0 Å². The highest BCUT2D eigenvalue weighted by atomic mass is 19.4. The Labute approximate surface area is 118 Å². The molecule has 0 aliphatic carbocycles. The molecule has 0 aliphatic rings. The van der Waals surface area contributed by atoms with Crippen LogP contribution in [0, 0.1) is 0 Å². The normalized spacial score (nSPS) is 11.2.